The zero-order valence-corrected chi connectivity index (χ0v) is 11.3. The van der Waals surface area contributed by atoms with Gasteiger partial charge in [-0.1, -0.05) is 18.2 Å². The highest BCUT2D eigenvalue weighted by atomic mass is 32.2. The molecule has 0 amide bonds. The van der Waals surface area contributed by atoms with Crippen LogP contribution in [-0.4, -0.2) is 40.6 Å². The van der Waals surface area contributed by atoms with Gasteiger partial charge in [0.2, 0.25) is 0 Å². The lowest BCUT2D eigenvalue weighted by molar-refractivity contribution is 0.407. The molecule has 1 rings (SSSR count). The topological polar surface area (TPSA) is 55.4 Å². The van der Waals surface area contributed by atoms with E-state index in [0.29, 0.717) is 6.42 Å². The molecule has 1 unspecified atom stereocenters. The maximum Gasteiger partial charge on any atom is 0.148 e. The second-order valence-electron chi connectivity index (χ2n) is 4.09. The molecule has 4 nitrogen and oxygen atoms in total. The molecule has 17 heavy (non-hydrogen) atoms. The number of hydrogen-bond acceptors (Lipinski definition) is 4. The standard InChI is InChI=1S/C12H19NO3S/c1-13-11(9-17(3,14)15)8-10-6-4-5-7-12(10)16-2/h4-7,11,13H,8-9H2,1-3H3. The average Bonchev–Trinajstić information content (AvgIpc) is 2.27. The van der Waals surface area contributed by atoms with E-state index in [1.54, 1.807) is 14.2 Å². The summed E-state index contributed by atoms with van der Waals surface area (Å²) in [5, 5.41) is 3.02. The number of likely N-dealkylation sites (N-methyl/N-ethyl adjacent to an activating group) is 1. The van der Waals surface area contributed by atoms with Gasteiger partial charge < -0.3 is 10.1 Å². The number of sulfone groups is 1. The third-order valence-electron chi connectivity index (χ3n) is 2.57. The van der Waals surface area contributed by atoms with Gasteiger partial charge in [0.15, 0.2) is 0 Å². The smallest absolute Gasteiger partial charge is 0.148 e. The summed E-state index contributed by atoms with van der Waals surface area (Å²) in [6, 6.07) is 7.55. The van der Waals surface area contributed by atoms with Gasteiger partial charge in [-0.2, -0.15) is 0 Å². The van der Waals surface area contributed by atoms with Gasteiger partial charge in [-0.3, -0.25) is 0 Å². The van der Waals surface area contributed by atoms with Crippen molar-refractivity contribution in [3.05, 3.63) is 29.8 Å². The van der Waals surface area contributed by atoms with Crippen LogP contribution in [0.3, 0.4) is 0 Å². The van der Waals surface area contributed by atoms with Crippen LogP contribution in [0.2, 0.25) is 0 Å². The fourth-order valence-corrected chi connectivity index (χ4v) is 2.76. The average molecular weight is 257 g/mol. The first kappa shape index (κ1) is 14.0. The van der Waals surface area contributed by atoms with Crippen LogP contribution in [0.25, 0.3) is 0 Å². The van der Waals surface area contributed by atoms with E-state index < -0.39 is 9.84 Å². The molecule has 0 aromatic heterocycles. The minimum atomic E-state index is -2.98. The Morgan fingerprint density at radius 3 is 2.53 bits per heavy atom. The Bertz CT molecular complexity index is 457. The predicted molar refractivity (Wildman–Crippen MR) is 69.3 cm³/mol. The van der Waals surface area contributed by atoms with E-state index in [-0.39, 0.29) is 11.8 Å². The Balaban J connectivity index is 2.80. The van der Waals surface area contributed by atoms with E-state index in [4.69, 9.17) is 4.74 Å². The summed E-state index contributed by atoms with van der Waals surface area (Å²) in [7, 11) is 0.406. The lowest BCUT2D eigenvalue weighted by atomic mass is 10.1. The monoisotopic (exact) mass is 257 g/mol. The quantitative estimate of drug-likeness (QED) is 0.821. The van der Waals surface area contributed by atoms with E-state index >= 15 is 0 Å². The van der Waals surface area contributed by atoms with Crippen LogP contribution in [0.1, 0.15) is 5.56 Å². The Morgan fingerprint density at radius 1 is 1.35 bits per heavy atom. The number of nitrogens with one attached hydrogen (secondary N) is 1. The zero-order valence-electron chi connectivity index (χ0n) is 10.4. The molecule has 0 aliphatic rings. The minimum absolute atomic E-state index is 0.0960. The van der Waals surface area contributed by atoms with E-state index in [9.17, 15) is 8.42 Å². The Kier molecular flexibility index (Phi) is 4.96. The van der Waals surface area contributed by atoms with Crippen LogP contribution in [0.15, 0.2) is 24.3 Å². The third kappa shape index (κ3) is 4.75. The largest absolute Gasteiger partial charge is 0.496 e. The van der Waals surface area contributed by atoms with Crippen molar-refractivity contribution in [1.29, 1.82) is 0 Å². The SMILES string of the molecule is CNC(Cc1ccccc1OC)CS(C)(=O)=O. The summed E-state index contributed by atoms with van der Waals surface area (Å²) in [4.78, 5) is 0. The van der Waals surface area contributed by atoms with E-state index in [1.165, 1.54) is 6.26 Å². The Morgan fingerprint density at radius 2 is 2.00 bits per heavy atom. The molecule has 0 saturated carbocycles. The molecule has 0 saturated heterocycles. The second-order valence-corrected chi connectivity index (χ2v) is 6.28. The number of methoxy groups -OCH3 is 1. The van der Waals surface area contributed by atoms with Gasteiger partial charge in [0, 0.05) is 12.3 Å². The van der Waals surface area contributed by atoms with Crippen molar-refractivity contribution >= 4 is 9.84 Å². The summed E-state index contributed by atoms with van der Waals surface area (Å²) < 4.78 is 27.8. The van der Waals surface area contributed by atoms with Crippen molar-refractivity contribution in [2.24, 2.45) is 0 Å². The molecule has 1 aromatic rings. The van der Waals surface area contributed by atoms with Gasteiger partial charge >= 0.3 is 0 Å². The van der Waals surface area contributed by atoms with Crippen LogP contribution in [-0.2, 0) is 16.3 Å². The summed E-state index contributed by atoms with van der Waals surface area (Å²) in [6.45, 7) is 0. The maximum absolute atomic E-state index is 11.3. The fraction of sp³-hybridized carbons (Fsp3) is 0.500. The highest BCUT2D eigenvalue weighted by molar-refractivity contribution is 7.90. The molecule has 0 bridgehead atoms. The molecule has 0 aliphatic carbocycles. The fourth-order valence-electron chi connectivity index (χ4n) is 1.75. The number of hydrogen-bond donors (Lipinski definition) is 1. The van der Waals surface area contributed by atoms with Gasteiger partial charge in [0.25, 0.3) is 0 Å². The number of rotatable bonds is 6. The first-order chi connectivity index (χ1) is 7.96. The van der Waals surface area contributed by atoms with E-state index in [2.05, 4.69) is 5.32 Å². The molecule has 1 N–H and O–H groups in total. The molecular formula is C12H19NO3S. The Hall–Kier alpha value is -1.07. The van der Waals surface area contributed by atoms with E-state index in [0.717, 1.165) is 11.3 Å². The van der Waals surface area contributed by atoms with Crippen molar-refractivity contribution < 1.29 is 13.2 Å². The summed E-state index contributed by atoms with van der Waals surface area (Å²) in [6.07, 6.45) is 1.88. The zero-order chi connectivity index (χ0) is 12.9. The minimum Gasteiger partial charge on any atom is -0.496 e. The second kappa shape index (κ2) is 6.02. The molecule has 5 heteroatoms. The summed E-state index contributed by atoms with van der Waals surface area (Å²) >= 11 is 0. The molecule has 0 aliphatic heterocycles. The lowest BCUT2D eigenvalue weighted by Crippen LogP contribution is -2.34. The molecule has 0 radical (unpaired) electrons. The van der Waals surface area contributed by atoms with Gasteiger partial charge in [-0.05, 0) is 25.1 Å². The number of benzene rings is 1. The van der Waals surface area contributed by atoms with Gasteiger partial charge in [0.1, 0.15) is 15.6 Å². The van der Waals surface area contributed by atoms with Crippen LogP contribution >= 0.6 is 0 Å². The molecule has 0 spiro atoms. The highest BCUT2D eigenvalue weighted by Crippen LogP contribution is 2.19. The van der Waals surface area contributed by atoms with Crippen LogP contribution in [0, 0.1) is 0 Å². The van der Waals surface area contributed by atoms with Crippen molar-refractivity contribution in [2.75, 3.05) is 26.2 Å². The summed E-state index contributed by atoms with van der Waals surface area (Å²) in [5.74, 6) is 0.919. The van der Waals surface area contributed by atoms with Crippen LogP contribution in [0.4, 0.5) is 0 Å². The highest BCUT2D eigenvalue weighted by Gasteiger charge is 2.15. The van der Waals surface area contributed by atoms with Crippen molar-refractivity contribution in [2.45, 2.75) is 12.5 Å². The van der Waals surface area contributed by atoms with Gasteiger partial charge in [-0.25, -0.2) is 8.42 Å². The third-order valence-corrected chi connectivity index (χ3v) is 3.58. The molecule has 96 valence electrons. The predicted octanol–water partition coefficient (Wildman–Crippen LogP) is 0.870. The normalized spacial score (nSPS) is 13.4. The number of ether oxygens (including phenoxy) is 1. The molecular weight excluding hydrogens is 238 g/mol. The van der Waals surface area contributed by atoms with Crippen molar-refractivity contribution in [3.8, 4) is 5.75 Å². The summed E-state index contributed by atoms with van der Waals surface area (Å²) in [5.41, 5.74) is 1.01. The van der Waals surface area contributed by atoms with Crippen LogP contribution in [0.5, 0.6) is 5.75 Å². The van der Waals surface area contributed by atoms with Gasteiger partial charge in [-0.15, -0.1) is 0 Å². The van der Waals surface area contributed by atoms with Crippen LogP contribution < -0.4 is 10.1 Å². The Labute approximate surface area is 103 Å². The first-order valence-electron chi connectivity index (χ1n) is 5.43. The maximum atomic E-state index is 11.3. The van der Waals surface area contributed by atoms with Crippen molar-refractivity contribution in [1.82, 2.24) is 5.32 Å². The van der Waals surface area contributed by atoms with Gasteiger partial charge in [0.05, 0.1) is 12.9 Å². The molecule has 0 heterocycles. The van der Waals surface area contributed by atoms with Crippen molar-refractivity contribution in [3.63, 3.8) is 0 Å². The first-order valence-corrected chi connectivity index (χ1v) is 7.49. The number of para-hydroxylation sites is 1. The lowest BCUT2D eigenvalue weighted by Gasteiger charge is -2.16. The molecule has 1 atom stereocenters. The molecule has 1 aromatic carbocycles. The van der Waals surface area contributed by atoms with E-state index in [1.807, 2.05) is 24.3 Å². The molecule has 0 fully saturated rings.